The monoisotopic (exact) mass is 352 g/mol. The molecule has 0 saturated heterocycles. The lowest BCUT2D eigenvalue weighted by molar-refractivity contribution is 0.0694. The van der Waals surface area contributed by atoms with Gasteiger partial charge in [-0.25, -0.2) is 0 Å². The predicted molar refractivity (Wildman–Crippen MR) is 103 cm³/mol. The van der Waals surface area contributed by atoms with Crippen LogP contribution in [0.5, 0.6) is 0 Å². The van der Waals surface area contributed by atoms with Crippen molar-refractivity contribution in [2.45, 2.75) is 50.7 Å². The average Bonchev–Trinajstić information content (AvgIpc) is 3.18. The lowest BCUT2D eigenvalue weighted by atomic mass is 9.93. The van der Waals surface area contributed by atoms with Gasteiger partial charge in [-0.05, 0) is 37.0 Å². The largest absolute Gasteiger partial charge is 0.391 e. The van der Waals surface area contributed by atoms with Gasteiger partial charge >= 0.3 is 0 Å². The third-order valence-corrected chi connectivity index (χ3v) is 5.71. The Bertz CT molecular complexity index is 739. The van der Waals surface area contributed by atoms with Gasteiger partial charge in [0, 0.05) is 49.7 Å². The summed E-state index contributed by atoms with van der Waals surface area (Å²) in [5.74, 6) is 0. The van der Waals surface area contributed by atoms with Gasteiger partial charge in [-0.15, -0.1) is 0 Å². The van der Waals surface area contributed by atoms with E-state index in [4.69, 9.17) is 0 Å². The Hall–Kier alpha value is -1.98. The van der Waals surface area contributed by atoms with E-state index in [9.17, 15) is 5.11 Å². The van der Waals surface area contributed by atoms with Crippen LogP contribution in [0.4, 0.5) is 0 Å². The zero-order valence-electron chi connectivity index (χ0n) is 15.3. The van der Waals surface area contributed by atoms with E-state index in [1.807, 2.05) is 23.1 Å². The first-order valence-corrected chi connectivity index (χ1v) is 9.83. The molecule has 0 spiro atoms. The van der Waals surface area contributed by atoms with Crippen LogP contribution in [0.25, 0.3) is 5.57 Å². The molecule has 1 fully saturated rings. The molecule has 1 N–H and O–H groups in total. The lowest BCUT2D eigenvalue weighted by Crippen LogP contribution is -2.30. The molecule has 4 rings (SSSR count). The quantitative estimate of drug-likeness (QED) is 0.898. The third kappa shape index (κ3) is 4.05. The van der Waals surface area contributed by atoms with Crippen LogP contribution in [0.15, 0.2) is 42.9 Å². The fourth-order valence-electron chi connectivity index (χ4n) is 4.08. The van der Waals surface area contributed by atoms with Crippen molar-refractivity contribution >= 4 is 5.57 Å². The molecule has 26 heavy (non-hydrogen) atoms. The van der Waals surface area contributed by atoms with Crippen molar-refractivity contribution in [3.8, 4) is 0 Å². The summed E-state index contributed by atoms with van der Waals surface area (Å²) >= 11 is 0. The Morgan fingerprint density at radius 3 is 2.88 bits per heavy atom. The molecular formula is C21H28N4O. The maximum atomic E-state index is 10.2. The van der Waals surface area contributed by atoms with Crippen molar-refractivity contribution in [1.82, 2.24) is 19.7 Å². The first-order chi connectivity index (χ1) is 12.8. The third-order valence-electron chi connectivity index (χ3n) is 5.71. The number of aliphatic hydroxyl groups excluding tert-OH is 1. The minimum Gasteiger partial charge on any atom is -0.391 e. The summed E-state index contributed by atoms with van der Waals surface area (Å²) in [6, 6.07) is 6.26. The molecule has 2 atom stereocenters. The number of aromatic nitrogens is 3. The average molecular weight is 352 g/mol. The molecule has 0 unspecified atom stereocenters. The van der Waals surface area contributed by atoms with Gasteiger partial charge in [0.1, 0.15) is 0 Å². The lowest BCUT2D eigenvalue weighted by Gasteiger charge is -2.28. The molecule has 0 aromatic carbocycles. The van der Waals surface area contributed by atoms with E-state index in [2.05, 4.69) is 39.4 Å². The Morgan fingerprint density at radius 2 is 2.12 bits per heavy atom. The molecule has 1 aliphatic heterocycles. The first kappa shape index (κ1) is 17.4. The number of hydrogen-bond acceptors (Lipinski definition) is 4. The molecule has 5 heteroatoms. The predicted octanol–water partition coefficient (Wildman–Crippen LogP) is 3.09. The molecule has 2 aromatic heterocycles. The van der Waals surface area contributed by atoms with Crippen LogP contribution in [-0.4, -0.2) is 50.5 Å². The second-order valence-corrected chi connectivity index (χ2v) is 7.48. The van der Waals surface area contributed by atoms with Crippen molar-refractivity contribution < 1.29 is 5.11 Å². The van der Waals surface area contributed by atoms with Crippen LogP contribution in [0.3, 0.4) is 0 Å². The Labute approximate surface area is 155 Å². The first-order valence-electron chi connectivity index (χ1n) is 9.83. The highest BCUT2D eigenvalue weighted by Crippen LogP contribution is 2.30. The van der Waals surface area contributed by atoms with Gasteiger partial charge < -0.3 is 5.11 Å². The minimum atomic E-state index is -0.251. The zero-order valence-corrected chi connectivity index (χ0v) is 15.3. The normalized spacial score (nSPS) is 24.4. The molecule has 2 aliphatic rings. The molecule has 3 heterocycles. The van der Waals surface area contributed by atoms with Gasteiger partial charge in [0.15, 0.2) is 0 Å². The van der Waals surface area contributed by atoms with E-state index in [-0.39, 0.29) is 12.1 Å². The Balaban J connectivity index is 1.34. The van der Waals surface area contributed by atoms with Crippen molar-refractivity contribution in [1.29, 1.82) is 0 Å². The number of pyridine rings is 1. The van der Waals surface area contributed by atoms with Gasteiger partial charge in [0.2, 0.25) is 0 Å². The summed E-state index contributed by atoms with van der Waals surface area (Å²) in [5.41, 5.74) is 3.76. The molecule has 2 aromatic rings. The molecular weight excluding hydrogens is 324 g/mol. The van der Waals surface area contributed by atoms with Crippen LogP contribution in [-0.2, 0) is 6.42 Å². The maximum absolute atomic E-state index is 10.2. The molecule has 0 bridgehead atoms. The van der Waals surface area contributed by atoms with Gasteiger partial charge in [-0.2, -0.15) is 5.10 Å². The summed E-state index contributed by atoms with van der Waals surface area (Å²) in [6.07, 6.45) is 14.4. The molecule has 1 aliphatic carbocycles. The standard InChI is InChI=1S/C21H28N4O/c26-21-7-2-1-6-20(21)25-16-18(15-23-25)17-8-12-24(13-9-17)14-10-19-5-3-4-11-22-19/h3-5,8,11,15-16,20-21,26H,1-2,6-7,9-10,12-14H2/t20-,21-/m1/s1. The van der Waals surface area contributed by atoms with Crippen molar-refractivity contribution in [2.75, 3.05) is 19.6 Å². The summed E-state index contributed by atoms with van der Waals surface area (Å²) in [6.45, 7) is 3.11. The fourth-order valence-corrected chi connectivity index (χ4v) is 4.08. The molecule has 0 radical (unpaired) electrons. The summed E-state index contributed by atoms with van der Waals surface area (Å²) in [5, 5.41) is 14.8. The highest BCUT2D eigenvalue weighted by atomic mass is 16.3. The zero-order chi connectivity index (χ0) is 17.8. The van der Waals surface area contributed by atoms with Crippen LogP contribution in [0.2, 0.25) is 0 Å². The van der Waals surface area contributed by atoms with Gasteiger partial charge in [-0.3, -0.25) is 14.6 Å². The van der Waals surface area contributed by atoms with Gasteiger partial charge in [0.25, 0.3) is 0 Å². The van der Waals surface area contributed by atoms with Crippen LogP contribution in [0, 0.1) is 0 Å². The summed E-state index contributed by atoms with van der Waals surface area (Å²) in [4.78, 5) is 6.89. The number of hydrogen-bond donors (Lipinski definition) is 1. The fraction of sp³-hybridized carbons (Fsp3) is 0.524. The maximum Gasteiger partial charge on any atom is 0.0778 e. The Morgan fingerprint density at radius 1 is 1.19 bits per heavy atom. The highest BCUT2D eigenvalue weighted by Gasteiger charge is 2.25. The van der Waals surface area contributed by atoms with Gasteiger partial charge in [-0.1, -0.05) is 25.0 Å². The van der Waals surface area contributed by atoms with E-state index in [1.165, 1.54) is 17.6 Å². The molecule has 138 valence electrons. The topological polar surface area (TPSA) is 54.2 Å². The second kappa shape index (κ2) is 8.14. The van der Waals surface area contributed by atoms with Crippen LogP contribution < -0.4 is 0 Å². The summed E-state index contributed by atoms with van der Waals surface area (Å²) < 4.78 is 1.99. The molecule has 5 nitrogen and oxygen atoms in total. The van der Waals surface area contributed by atoms with Crippen LogP contribution >= 0.6 is 0 Å². The number of rotatable bonds is 5. The van der Waals surface area contributed by atoms with E-state index in [0.717, 1.165) is 57.4 Å². The van der Waals surface area contributed by atoms with E-state index >= 15 is 0 Å². The minimum absolute atomic E-state index is 0.150. The number of nitrogens with zero attached hydrogens (tertiary/aromatic N) is 4. The second-order valence-electron chi connectivity index (χ2n) is 7.48. The molecule has 0 amide bonds. The van der Waals surface area contributed by atoms with Gasteiger partial charge in [0.05, 0.1) is 18.3 Å². The highest BCUT2D eigenvalue weighted by molar-refractivity contribution is 5.65. The van der Waals surface area contributed by atoms with Crippen molar-refractivity contribution in [3.05, 3.63) is 54.1 Å². The van der Waals surface area contributed by atoms with E-state index in [1.54, 1.807) is 0 Å². The molecule has 1 saturated carbocycles. The van der Waals surface area contributed by atoms with E-state index in [0.29, 0.717) is 0 Å². The smallest absolute Gasteiger partial charge is 0.0778 e. The van der Waals surface area contributed by atoms with Crippen molar-refractivity contribution in [3.63, 3.8) is 0 Å². The SMILES string of the molecule is O[C@@H]1CCCC[C@H]1n1cc(C2=CCN(CCc3ccccn3)CC2)cn1. The van der Waals surface area contributed by atoms with Crippen LogP contribution in [0.1, 0.15) is 49.4 Å². The Kier molecular flexibility index (Phi) is 5.46. The summed E-state index contributed by atoms with van der Waals surface area (Å²) in [7, 11) is 0. The van der Waals surface area contributed by atoms with E-state index < -0.39 is 0 Å². The van der Waals surface area contributed by atoms with Crippen molar-refractivity contribution in [2.24, 2.45) is 0 Å². The number of aliphatic hydroxyl groups is 1.